The topological polar surface area (TPSA) is 47.5 Å². The fraction of sp³-hybridized carbons (Fsp3) is 0.600. The van der Waals surface area contributed by atoms with Crippen molar-refractivity contribution in [3.8, 4) is 0 Å². The first-order valence-corrected chi connectivity index (χ1v) is 19.4. The average Bonchev–Trinajstić information content (AvgIpc) is 3.13. The summed E-state index contributed by atoms with van der Waals surface area (Å²) < 4.78 is 0. The highest BCUT2D eigenvalue weighted by atomic mass is 35.5. The molecule has 0 aliphatic carbocycles. The molecule has 1 aromatic rings. The Morgan fingerprint density at radius 3 is 2.21 bits per heavy atom. The van der Waals surface area contributed by atoms with E-state index in [-0.39, 0.29) is 6.04 Å². The molecule has 1 unspecified atom stereocenters. The van der Waals surface area contributed by atoms with Gasteiger partial charge in [-0.05, 0) is 90.2 Å². The van der Waals surface area contributed by atoms with Crippen molar-refractivity contribution < 1.29 is 0 Å². The third-order valence-electron chi connectivity index (χ3n) is 8.41. The van der Waals surface area contributed by atoms with E-state index in [4.69, 9.17) is 33.2 Å². The zero-order valence-electron chi connectivity index (χ0n) is 31.3. The summed E-state index contributed by atoms with van der Waals surface area (Å²) in [6.45, 7) is 27.5. The fourth-order valence-corrected chi connectivity index (χ4v) is 6.08. The molecule has 3 heterocycles. The van der Waals surface area contributed by atoms with Crippen LogP contribution in [0.5, 0.6) is 0 Å². The minimum atomic E-state index is 0.272. The molecule has 0 amide bonds. The van der Waals surface area contributed by atoms with Crippen LogP contribution in [0.4, 0.5) is 5.82 Å². The monoisotopic (exact) mass is 700 g/mol. The summed E-state index contributed by atoms with van der Waals surface area (Å²) in [7, 11) is 0. The van der Waals surface area contributed by atoms with Gasteiger partial charge in [0, 0.05) is 54.9 Å². The molecule has 2 saturated heterocycles. The number of halogens is 2. The number of alkyl halides is 1. The van der Waals surface area contributed by atoms with E-state index in [0.717, 1.165) is 72.8 Å². The Kier molecular flexibility index (Phi) is 25.2. The third-order valence-corrected chi connectivity index (χ3v) is 8.93. The largest absolute Gasteiger partial charge is 0.369 e. The van der Waals surface area contributed by atoms with Crippen LogP contribution in [0, 0.1) is 0 Å². The summed E-state index contributed by atoms with van der Waals surface area (Å²) >= 11 is 12.2. The van der Waals surface area contributed by atoms with Crippen LogP contribution in [0.2, 0.25) is 0 Å². The maximum Gasteiger partial charge on any atom is 0.145 e. The van der Waals surface area contributed by atoms with E-state index >= 15 is 0 Å². The number of nitrogens with zero attached hydrogens (tertiary/aromatic N) is 5. The van der Waals surface area contributed by atoms with Crippen LogP contribution in [-0.2, 0) is 6.54 Å². The van der Waals surface area contributed by atoms with Gasteiger partial charge >= 0.3 is 0 Å². The van der Waals surface area contributed by atoms with Crippen molar-refractivity contribution >= 4 is 41.7 Å². The van der Waals surface area contributed by atoms with Crippen molar-refractivity contribution in [3.05, 3.63) is 75.6 Å². The van der Waals surface area contributed by atoms with Crippen molar-refractivity contribution in [1.82, 2.24) is 24.7 Å². The molecule has 0 radical (unpaired) electrons. The Hall–Kier alpha value is -2.22. The lowest BCUT2D eigenvalue weighted by Gasteiger charge is -2.39. The molecule has 2 aliphatic rings. The number of likely N-dealkylation sites (tertiary alicyclic amines) is 1. The fourth-order valence-electron chi connectivity index (χ4n) is 5.91. The second-order valence-corrected chi connectivity index (χ2v) is 12.3. The molecule has 2 fully saturated rings. The van der Waals surface area contributed by atoms with E-state index < -0.39 is 0 Å². The number of piperazine rings is 1. The number of allylic oxidation sites excluding steroid dienone is 7. The molecule has 6 nitrogen and oxygen atoms in total. The quantitative estimate of drug-likeness (QED) is 0.106. The first-order chi connectivity index (χ1) is 23.5. The van der Waals surface area contributed by atoms with Crippen LogP contribution in [0.25, 0.3) is 12.7 Å². The van der Waals surface area contributed by atoms with Crippen LogP contribution < -0.4 is 15.9 Å². The Labute approximate surface area is 304 Å². The van der Waals surface area contributed by atoms with Gasteiger partial charge in [-0.1, -0.05) is 94.8 Å². The van der Waals surface area contributed by atoms with Crippen molar-refractivity contribution in [2.75, 3.05) is 63.6 Å². The molecular weight excluding hydrogens is 635 g/mol. The molecule has 0 aromatic carbocycles. The Morgan fingerprint density at radius 2 is 1.58 bits per heavy atom. The lowest BCUT2D eigenvalue weighted by molar-refractivity contribution is 0.103. The SMILES string of the molecule is C=c1nc(CN2CCN(C(C/C=C\C(Cl)=C/C)C(/C=C\CCl)=C/C)CC2)nc(NCCCCN2CCCCC2)/c1=C/C=C\C.CC.CC. The van der Waals surface area contributed by atoms with Crippen molar-refractivity contribution in [1.29, 1.82) is 0 Å². The highest BCUT2D eigenvalue weighted by Crippen LogP contribution is 2.20. The van der Waals surface area contributed by atoms with Gasteiger partial charge in [0.05, 0.1) is 11.9 Å². The van der Waals surface area contributed by atoms with Gasteiger partial charge in [-0.15, -0.1) is 11.6 Å². The van der Waals surface area contributed by atoms with Crippen LogP contribution in [-0.4, -0.2) is 88.9 Å². The molecule has 0 saturated carbocycles. The van der Waals surface area contributed by atoms with Crippen LogP contribution in [0.15, 0.2) is 59.2 Å². The molecule has 1 aromatic heterocycles. The van der Waals surface area contributed by atoms with E-state index in [1.807, 2.05) is 71.9 Å². The molecule has 1 atom stereocenters. The zero-order chi connectivity index (χ0) is 35.6. The minimum Gasteiger partial charge on any atom is -0.369 e. The zero-order valence-corrected chi connectivity index (χ0v) is 32.8. The molecule has 3 rings (SSSR count). The number of unbranched alkanes of at least 4 members (excludes halogenated alkanes) is 1. The molecule has 1 N–H and O–H groups in total. The number of piperidine rings is 1. The van der Waals surface area contributed by atoms with Crippen LogP contribution >= 0.6 is 23.2 Å². The maximum absolute atomic E-state index is 6.24. The summed E-state index contributed by atoms with van der Waals surface area (Å²) in [5.74, 6) is 2.23. The Morgan fingerprint density at radius 1 is 0.875 bits per heavy atom. The normalized spacial score (nSPS) is 18.2. The Balaban J connectivity index is 0.00000277. The standard InChI is InChI=1S/C36H54Cl2N6.2C2H6/c1-5-8-18-33-30(4)40-35(41-36(33)39-21-10-13-24-42-22-11-9-12-23-42)29-43-25-27-44(28-26-43)34(19-14-17-32(38)7-3)31(6-2)16-15-20-37;2*1-2/h5-8,14-18,34H,4,9-13,19-29H2,1-3H3,(H,39,40,41);2*1-2H3/b8-5-,16-15-,17-14-,31-6+,32-7+,33-18+;;. The van der Waals surface area contributed by atoms with E-state index in [1.54, 1.807) is 0 Å². The van der Waals surface area contributed by atoms with E-state index in [2.05, 4.69) is 57.8 Å². The highest BCUT2D eigenvalue weighted by Gasteiger charge is 2.25. The molecule has 0 spiro atoms. The molecule has 270 valence electrons. The van der Waals surface area contributed by atoms with Gasteiger partial charge in [0.2, 0.25) is 0 Å². The predicted molar refractivity (Wildman–Crippen MR) is 214 cm³/mol. The first-order valence-electron chi connectivity index (χ1n) is 18.5. The lowest BCUT2D eigenvalue weighted by Crippen LogP contribution is -2.50. The van der Waals surface area contributed by atoms with Crippen molar-refractivity contribution in [3.63, 3.8) is 0 Å². The summed E-state index contributed by atoms with van der Waals surface area (Å²) in [6, 6.07) is 0.272. The van der Waals surface area contributed by atoms with Gasteiger partial charge < -0.3 is 10.2 Å². The maximum atomic E-state index is 6.24. The Bertz CT molecular complexity index is 1260. The van der Waals surface area contributed by atoms with Crippen LogP contribution in [0.3, 0.4) is 0 Å². The number of rotatable bonds is 16. The number of hydrogen-bond acceptors (Lipinski definition) is 6. The van der Waals surface area contributed by atoms with E-state index in [1.165, 1.54) is 50.9 Å². The smallest absolute Gasteiger partial charge is 0.145 e. The second-order valence-electron chi connectivity index (χ2n) is 11.6. The highest BCUT2D eigenvalue weighted by molar-refractivity contribution is 6.31. The summed E-state index contributed by atoms with van der Waals surface area (Å²) in [5.41, 5.74) is 1.28. The molecule has 0 bridgehead atoms. The van der Waals surface area contributed by atoms with E-state index in [0.29, 0.717) is 12.4 Å². The third kappa shape index (κ3) is 16.5. The van der Waals surface area contributed by atoms with Gasteiger partial charge in [0.25, 0.3) is 0 Å². The summed E-state index contributed by atoms with van der Waals surface area (Å²) in [6.07, 6.45) is 25.9. The summed E-state index contributed by atoms with van der Waals surface area (Å²) in [4.78, 5) is 17.5. The van der Waals surface area contributed by atoms with Gasteiger partial charge in [-0.25, -0.2) is 9.97 Å². The minimum absolute atomic E-state index is 0.272. The van der Waals surface area contributed by atoms with E-state index in [9.17, 15) is 0 Å². The van der Waals surface area contributed by atoms with Crippen molar-refractivity contribution in [2.45, 2.75) is 99.6 Å². The molecule has 8 heteroatoms. The predicted octanol–water partition coefficient (Wildman–Crippen LogP) is 8.29. The molecule has 48 heavy (non-hydrogen) atoms. The van der Waals surface area contributed by atoms with Gasteiger partial charge in [0.1, 0.15) is 11.6 Å². The van der Waals surface area contributed by atoms with Crippen molar-refractivity contribution in [2.24, 2.45) is 0 Å². The van der Waals surface area contributed by atoms with Crippen LogP contribution in [0.1, 0.15) is 92.8 Å². The second kappa shape index (κ2) is 27.6. The number of aromatic nitrogens is 2. The van der Waals surface area contributed by atoms with Gasteiger partial charge in [0.15, 0.2) is 0 Å². The number of anilines is 1. The first kappa shape index (κ1) is 43.8. The summed E-state index contributed by atoms with van der Waals surface area (Å²) in [5, 5.41) is 6.14. The molecular formula is C40H66Cl2N6. The average molecular weight is 702 g/mol. The van der Waals surface area contributed by atoms with Gasteiger partial charge in [-0.2, -0.15) is 0 Å². The number of hydrogen-bond donors (Lipinski definition) is 1. The van der Waals surface area contributed by atoms with Gasteiger partial charge in [-0.3, -0.25) is 9.80 Å². The number of nitrogens with one attached hydrogen (secondary N) is 1. The lowest BCUT2D eigenvalue weighted by atomic mass is 9.99. The molecule has 2 aliphatic heterocycles.